The molecule has 0 saturated carbocycles. The monoisotopic (exact) mass is 205 g/mol. The predicted octanol–water partition coefficient (Wildman–Crippen LogP) is 0.376. The van der Waals surface area contributed by atoms with Crippen LogP contribution in [0, 0.1) is 0 Å². The van der Waals surface area contributed by atoms with Gasteiger partial charge in [0.25, 0.3) is 0 Å². The van der Waals surface area contributed by atoms with Crippen LogP contribution < -0.4 is 5.32 Å². The molecule has 2 radical (unpaired) electrons. The van der Waals surface area contributed by atoms with Gasteiger partial charge in [0.05, 0.1) is 11.5 Å². The minimum atomic E-state index is -1.21. The molecule has 1 atom stereocenters. The highest BCUT2D eigenvalue weighted by atomic mass is 16.4. The van der Waals surface area contributed by atoms with Crippen LogP contribution in [-0.4, -0.2) is 35.9 Å². The van der Waals surface area contributed by atoms with Crippen LogP contribution in [0.15, 0.2) is 24.3 Å². The number of aromatic carboxylic acids is 1. The summed E-state index contributed by atoms with van der Waals surface area (Å²) in [4.78, 5) is 20.9. The average Bonchev–Trinajstić information content (AvgIpc) is 2.18. The molecule has 1 unspecified atom stereocenters. The summed E-state index contributed by atoms with van der Waals surface area (Å²) >= 11 is 0. The van der Waals surface area contributed by atoms with E-state index in [4.69, 9.17) is 18.1 Å². The fourth-order valence-corrected chi connectivity index (χ4v) is 0.950. The third-order valence-corrected chi connectivity index (χ3v) is 1.72. The van der Waals surface area contributed by atoms with Gasteiger partial charge in [-0.1, -0.05) is 0 Å². The molecule has 0 aliphatic heterocycles. The molecule has 1 aromatic carbocycles. The molecule has 0 heterocycles. The van der Waals surface area contributed by atoms with Crippen molar-refractivity contribution in [3.8, 4) is 0 Å². The maximum absolute atomic E-state index is 10.5. The number of carbonyl (C=O) groups is 2. The summed E-state index contributed by atoms with van der Waals surface area (Å²) in [6.45, 7) is 0. The number of aliphatic carboxylic acids is 1. The van der Waals surface area contributed by atoms with Gasteiger partial charge in [-0.25, -0.2) is 4.79 Å². The van der Waals surface area contributed by atoms with E-state index in [1.54, 1.807) is 0 Å². The molecular formula is C9H8BNO4. The lowest BCUT2D eigenvalue weighted by Gasteiger charge is -2.10. The number of benzene rings is 1. The summed E-state index contributed by atoms with van der Waals surface area (Å²) in [5.41, 5.74) is 0.583. The SMILES string of the molecule is [B]C(Nc1ccc(C(=O)O)cc1)C(=O)O. The second kappa shape index (κ2) is 4.50. The molecule has 6 heteroatoms. The summed E-state index contributed by atoms with van der Waals surface area (Å²) in [6.07, 6.45) is 0. The Morgan fingerprint density at radius 3 is 2.13 bits per heavy atom. The van der Waals surface area contributed by atoms with Crippen LogP contribution in [0.3, 0.4) is 0 Å². The van der Waals surface area contributed by atoms with Crippen LogP contribution in [-0.2, 0) is 4.79 Å². The third kappa shape index (κ3) is 3.01. The smallest absolute Gasteiger partial charge is 0.335 e. The van der Waals surface area contributed by atoms with Crippen molar-refractivity contribution in [3.05, 3.63) is 29.8 Å². The number of carboxylic acids is 2. The molecule has 15 heavy (non-hydrogen) atoms. The molecule has 5 nitrogen and oxygen atoms in total. The van der Waals surface area contributed by atoms with Gasteiger partial charge in [0.2, 0.25) is 0 Å². The standard InChI is InChI=1S/C9H8BNO4/c10-7(9(14)15)11-6-3-1-5(2-4-6)8(12)13/h1-4,7,11H,(H,12,13)(H,14,15). The number of hydrogen-bond acceptors (Lipinski definition) is 3. The van der Waals surface area contributed by atoms with Gasteiger partial charge in [-0.3, -0.25) is 4.79 Å². The van der Waals surface area contributed by atoms with E-state index in [2.05, 4.69) is 5.32 Å². The Kier molecular flexibility index (Phi) is 3.33. The zero-order valence-electron chi connectivity index (χ0n) is 7.68. The lowest BCUT2D eigenvalue weighted by molar-refractivity contribution is -0.136. The molecule has 0 fully saturated rings. The largest absolute Gasteiger partial charge is 0.480 e. The molecule has 1 aromatic rings. The van der Waals surface area contributed by atoms with E-state index in [9.17, 15) is 9.59 Å². The van der Waals surface area contributed by atoms with Gasteiger partial charge >= 0.3 is 11.9 Å². The van der Waals surface area contributed by atoms with Gasteiger partial charge in [0.1, 0.15) is 7.85 Å². The summed E-state index contributed by atoms with van der Waals surface area (Å²) in [5.74, 6) is -3.43. The predicted molar refractivity (Wildman–Crippen MR) is 54.2 cm³/mol. The van der Waals surface area contributed by atoms with Crippen LogP contribution in [0.4, 0.5) is 5.69 Å². The van der Waals surface area contributed by atoms with Gasteiger partial charge in [-0.05, 0) is 24.3 Å². The van der Waals surface area contributed by atoms with E-state index >= 15 is 0 Å². The Labute approximate surface area is 87.1 Å². The van der Waals surface area contributed by atoms with Crippen LogP contribution in [0.1, 0.15) is 10.4 Å². The molecule has 0 spiro atoms. The summed E-state index contributed by atoms with van der Waals surface area (Å²) in [7, 11) is 5.22. The Morgan fingerprint density at radius 2 is 1.73 bits per heavy atom. The van der Waals surface area contributed by atoms with Gasteiger partial charge in [0.15, 0.2) is 0 Å². The van der Waals surface area contributed by atoms with Crippen LogP contribution >= 0.6 is 0 Å². The minimum Gasteiger partial charge on any atom is -0.480 e. The van der Waals surface area contributed by atoms with Crippen LogP contribution in [0.5, 0.6) is 0 Å². The highest BCUT2D eigenvalue weighted by Gasteiger charge is 2.09. The van der Waals surface area contributed by atoms with Gasteiger partial charge in [0, 0.05) is 5.69 Å². The summed E-state index contributed by atoms with van der Waals surface area (Å²) < 4.78 is 0. The number of nitrogens with one attached hydrogen (secondary N) is 1. The first-order valence-electron chi connectivity index (χ1n) is 4.09. The van der Waals surface area contributed by atoms with E-state index in [1.807, 2.05) is 0 Å². The Morgan fingerprint density at radius 1 is 1.20 bits per heavy atom. The minimum absolute atomic E-state index is 0.129. The van der Waals surface area contributed by atoms with E-state index in [0.717, 1.165) is 0 Å². The van der Waals surface area contributed by atoms with E-state index in [-0.39, 0.29) is 5.56 Å². The first kappa shape index (κ1) is 11.1. The van der Waals surface area contributed by atoms with Crippen molar-refractivity contribution in [1.29, 1.82) is 0 Å². The van der Waals surface area contributed by atoms with Crippen molar-refractivity contribution in [1.82, 2.24) is 0 Å². The zero-order valence-corrected chi connectivity index (χ0v) is 7.68. The van der Waals surface area contributed by atoms with Crippen molar-refractivity contribution in [2.24, 2.45) is 0 Å². The van der Waals surface area contributed by atoms with Crippen molar-refractivity contribution in [2.75, 3.05) is 5.32 Å². The topological polar surface area (TPSA) is 86.6 Å². The fraction of sp³-hybridized carbons (Fsp3) is 0.111. The Hall–Kier alpha value is -1.98. The maximum Gasteiger partial charge on any atom is 0.335 e. The normalized spacial score (nSPS) is 11.7. The first-order chi connectivity index (χ1) is 7.00. The number of carboxylic acid groups (broad SMARTS) is 2. The van der Waals surface area contributed by atoms with E-state index in [1.165, 1.54) is 24.3 Å². The fourth-order valence-electron chi connectivity index (χ4n) is 0.950. The zero-order chi connectivity index (χ0) is 11.4. The van der Waals surface area contributed by atoms with Crippen LogP contribution in [0.2, 0.25) is 0 Å². The molecule has 0 aromatic heterocycles. The Balaban J connectivity index is 2.72. The number of hydrogen-bond donors (Lipinski definition) is 3. The molecule has 76 valence electrons. The molecule has 0 bridgehead atoms. The van der Waals surface area contributed by atoms with E-state index < -0.39 is 17.9 Å². The van der Waals surface area contributed by atoms with Gasteiger partial charge in [-0.2, -0.15) is 0 Å². The first-order valence-corrected chi connectivity index (χ1v) is 4.09. The third-order valence-electron chi connectivity index (χ3n) is 1.72. The molecule has 0 amide bonds. The molecule has 1 rings (SSSR count). The Bertz CT molecular complexity index is 376. The number of rotatable bonds is 4. The average molecular weight is 205 g/mol. The maximum atomic E-state index is 10.5. The molecule has 0 saturated heterocycles. The molecular weight excluding hydrogens is 197 g/mol. The summed E-state index contributed by atoms with van der Waals surface area (Å²) in [5, 5.41) is 19.6. The lowest BCUT2D eigenvalue weighted by Crippen LogP contribution is -2.29. The second-order valence-corrected chi connectivity index (χ2v) is 2.84. The van der Waals surface area contributed by atoms with Crippen molar-refractivity contribution < 1.29 is 19.8 Å². The second-order valence-electron chi connectivity index (χ2n) is 2.84. The van der Waals surface area contributed by atoms with E-state index in [0.29, 0.717) is 5.69 Å². The van der Waals surface area contributed by atoms with Crippen molar-refractivity contribution in [2.45, 2.75) is 5.94 Å². The highest BCUT2D eigenvalue weighted by Crippen LogP contribution is 2.10. The lowest BCUT2D eigenvalue weighted by atomic mass is 9.96. The number of anilines is 1. The van der Waals surface area contributed by atoms with Gasteiger partial charge in [-0.15, -0.1) is 0 Å². The van der Waals surface area contributed by atoms with Crippen molar-refractivity contribution >= 4 is 25.5 Å². The molecule has 0 aliphatic rings. The summed E-state index contributed by atoms with van der Waals surface area (Å²) in [6, 6.07) is 5.62. The molecule has 0 aliphatic carbocycles. The highest BCUT2D eigenvalue weighted by molar-refractivity contribution is 6.24. The van der Waals surface area contributed by atoms with Crippen LogP contribution in [0.25, 0.3) is 0 Å². The van der Waals surface area contributed by atoms with Gasteiger partial charge < -0.3 is 15.5 Å². The quantitative estimate of drug-likeness (QED) is 0.618. The molecule has 3 N–H and O–H groups in total. The van der Waals surface area contributed by atoms with Crippen molar-refractivity contribution in [3.63, 3.8) is 0 Å².